The zero-order valence-corrected chi connectivity index (χ0v) is 21.6. The first-order valence-corrected chi connectivity index (χ1v) is 13.1. The smallest absolute Gasteiger partial charge is 0.241 e. The Balaban J connectivity index is 1.53. The van der Waals surface area contributed by atoms with E-state index in [9.17, 15) is 9.18 Å². The number of hydrogen-bond donors (Lipinski definition) is 0. The van der Waals surface area contributed by atoms with Gasteiger partial charge in [0.2, 0.25) is 5.91 Å². The van der Waals surface area contributed by atoms with E-state index in [0.29, 0.717) is 19.5 Å². The molecule has 3 aromatic carbocycles. The summed E-state index contributed by atoms with van der Waals surface area (Å²) in [5, 5.41) is 0. The van der Waals surface area contributed by atoms with Gasteiger partial charge in [0.1, 0.15) is 17.3 Å². The molecule has 4 aromatic rings. The van der Waals surface area contributed by atoms with Crippen LogP contribution in [0.4, 0.5) is 4.39 Å². The number of carbonyl (C=O) groups excluding carboxylic acids is 1. The van der Waals surface area contributed by atoms with E-state index in [1.165, 1.54) is 12.1 Å². The number of halogens is 1. The summed E-state index contributed by atoms with van der Waals surface area (Å²) in [5.41, 5.74) is 3.08. The van der Waals surface area contributed by atoms with Gasteiger partial charge in [0.15, 0.2) is 0 Å². The molecule has 0 aliphatic carbocycles. The van der Waals surface area contributed by atoms with Crippen molar-refractivity contribution in [2.75, 3.05) is 13.7 Å². The maximum Gasteiger partial charge on any atom is 0.241 e. The number of ether oxygens (including phenoxy) is 1. The predicted octanol–water partition coefficient (Wildman–Crippen LogP) is 6.40. The Kier molecular flexibility index (Phi) is 8.19. The Morgan fingerprint density at radius 3 is 2.34 bits per heavy atom. The summed E-state index contributed by atoms with van der Waals surface area (Å²) in [6.07, 6.45) is 3.99. The number of hydrogen-bond acceptors (Lipinski definition) is 4. The third-order valence-corrected chi connectivity index (χ3v) is 7.29. The van der Waals surface area contributed by atoms with Gasteiger partial charge >= 0.3 is 0 Å². The summed E-state index contributed by atoms with van der Waals surface area (Å²) in [5.74, 6) is 1.40. The van der Waals surface area contributed by atoms with Gasteiger partial charge in [-0.25, -0.2) is 4.39 Å². The molecule has 5 nitrogen and oxygen atoms in total. The van der Waals surface area contributed by atoms with Crippen molar-refractivity contribution in [1.82, 2.24) is 9.80 Å². The lowest BCUT2D eigenvalue weighted by Crippen LogP contribution is -2.52. The second-order valence-electron chi connectivity index (χ2n) is 9.78. The molecule has 0 bridgehead atoms. The van der Waals surface area contributed by atoms with E-state index >= 15 is 0 Å². The van der Waals surface area contributed by atoms with E-state index in [2.05, 4.69) is 17.0 Å². The van der Waals surface area contributed by atoms with E-state index in [-0.39, 0.29) is 23.8 Å². The van der Waals surface area contributed by atoms with Gasteiger partial charge in [0.05, 0.1) is 32.0 Å². The van der Waals surface area contributed by atoms with Crippen molar-refractivity contribution in [3.8, 4) is 5.75 Å². The number of amides is 1. The van der Waals surface area contributed by atoms with Gasteiger partial charge < -0.3 is 14.1 Å². The summed E-state index contributed by atoms with van der Waals surface area (Å²) in [7, 11) is 1.65. The Morgan fingerprint density at radius 1 is 0.895 bits per heavy atom. The maximum absolute atomic E-state index is 14.6. The summed E-state index contributed by atoms with van der Waals surface area (Å²) in [6, 6.07) is 27.9. The van der Waals surface area contributed by atoms with Crippen LogP contribution in [0.3, 0.4) is 0 Å². The molecule has 1 saturated heterocycles. The molecule has 5 rings (SSSR count). The first-order chi connectivity index (χ1) is 18.6. The number of furan rings is 1. The molecular weight excluding hydrogens is 479 g/mol. The van der Waals surface area contributed by atoms with E-state index < -0.39 is 0 Å². The van der Waals surface area contributed by atoms with Crippen LogP contribution in [0.25, 0.3) is 0 Å². The third kappa shape index (κ3) is 6.14. The molecule has 2 heterocycles. The molecule has 0 N–H and O–H groups in total. The molecule has 2 atom stereocenters. The molecule has 1 aliphatic heterocycles. The summed E-state index contributed by atoms with van der Waals surface area (Å²) < 4.78 is 24.7. The normalized spacial score (nSPS) is 18.7. The molecule has 38 heavy (non-hydrogen) atoms. The van der Waals surface area contributed by atoms with Crippen LogP contribution in [-0.2, 0) is 24.3 Å². The molecule has 0 unspecified atom stereocenters. The molecule has 1 aromatic heterocycles. The van der Waals surface area contributed by atoms with Crippen LogP contribution in [0.1, 0.15) is 41.3 Å². The lowest BCUT2D eigenvalue weighted by atomic mass is 9.94. The van der Waals surface area contributed by atoms with Crippen LogP contribution in [-0.4, -0.2) is 35.4 Å². The highest BCUT2D eigenvalue weighted by Gasteiger charge is 2.36. The second kappa shape index (κ2) is 12.1. The highest BCUT2D eigenvalue weighted by Crippen LogP contribution is 2.33. The minimum absolute atomic E-state index is 0.0604. The lowest BCUT2D eigenvalue weighted by molar-refractivity contribution is -0.142. The fourth-order valence-electron chi connectivity index (χ4n) is 5.29. The number of nitrogens with zero attached hydrogens (tertiary/aromatic N) is 2. The van der Waals surface area contributed by atoms with Crippen LogP contribution < -0.4 is 4.74 Å². The standard InChI is InChI=1S/C32H33FN2O3/c1-37-28-17-13-26(14-18-28)30-10-5-19-34(23-29-9-6-20-38-29)31(21-24-7-3-2-4-8-24)32(36)35(30)22-25-11-15-27(33)16-12-25/h2-4,6-9,11-18,20,30-31H,5,10,19,21-23H2,1H3/t30-,31-/m1/s1. The van der Waals surface area contributed by atoms with Crippen molar-refractivity contribution >= 4 is 5.91 Å². The van der Waals surface area contributed by atoms with Gasteiger partial charge in [-0.1, -0.05) is 54.6 Å². The molecular formula is C32H33FN2O3. The van der Waals surface area contributed by atoms with Gasteiger partial charge in [-0.2, -0.15) is 0 Å². The summed E-state index contributed by atoms with van der Waals surface area (Å²) in [4.78, 5) is 18.8. The Hall–Kier alpha value is -3.90. The lowest BCUT2D eigenvalue weighted by Gasteiger charge is -2.41. The van der Waals surface area contributed by atoms with Crippen LogP contribution in [0.15, 0.2) is 102 Å². The second-order valence-corrected chi connectivity index (χ2v) is 9.78. The summed E-state index contributed by atoms with van der Waals surface area (Å²) >= 11 is 0. The monoisotopic (exact) mass is 512 g/mol. The third-order valence-electron chi connectivity index (χ3n) is 7.29. The zero-order valence-electron chi connectivity index (χ0n) is 21.6. The van der Waals surface area contributed by atoms with Crippen molar-refractivity contribution in [3.05, 3.63) is 126 Å². The predicted molar refractivity (Wildman–Crippen MR) is 145 cm³/mol. The zero-order chi connectivity index (χ0) is 26.3. The van der Waals surface area contributed by atoms with Crippen molar-refractivity contribution < 1.29 is 18.3 Å². The number of benzene rings is 3. The van der Waals surface area contributed by atoms with Crippen LogP contribution in [0, 0.1) is 5.82 Å². The number of rotatable bonds is 8. The maximum atomic E-state index is 14.6. The largest absolute Gasteiger partial charge is 0.497 e. The fraction of sp³-hybridized carbons (Fsp3) is 0.281. The van der Waals surface area contributed by atoms with Crippen LogP contribution in [0.2, 0.25) is 0 Å². The van der Waals surface area contributed by atoms with Gasteiger partial charge in [0.25, 0.3) is 0 Å². The number of methoxy groups -OCH3 is 1. The summed E-state index contributed by atoms with van der Waals surface area (Å²) in [6.45, 7) is 1.74. The Morgan fingerprint density at radius 2 is 1.66 bits per heavy atom. The van der Waals surface area contributed by atoms with E-state index in [4.69, 9.17) is 9.15 Å². The average molecular weight is 513 g/mol. The average Bonchev–Trinajstić information content (AvgIpc) is 3.47. The van der Waals surface area contributed by atoms with E-state index in [1.54, 1.807) is 25.5 Å². The van der Waals surface area contributed by atoms with Crippen molar-refractivity contribution in [3.63, 3.8) is 0 Å². The molecule has 1 fully saturated rings. The topological polar surface area (TPSA) is 45.9 Å². The SMILES string of the molecule is COc1ccc([C@H]2CCCN(Cc3ccco3)[C@H](Cc3ccccc3)C(=O)N2Cc2ccc(F)cc2)cc1. The molecule has 0 radical (unpaired) electrons. The molecule has 0 spiro atoms. The van der Waals surface area contributed by atoms with Gasteiger partial charge in [-0.15, -0.1) is 0 Å². The van der Waals surface area contributed by atoms with Crippen molar-refractivity contribution in [2.24, 2.45) is 0 Å². The molecule has 1 amide bonds. The fourth-order valence-corrected chi connectivity index (χ4v) is 5.29. The quantitative estimate of drug-likeness (QED) is 0.274. The highest BCUT2D eigenvalue weighted by atomic mass is 19.1. The minimum atomic E-state index is -0.371. The highest BCUT2D eigenvalue weighted by molar-refractivity contribution is 5.83. The van der Waals surface area contributed by atoms with Crippen molar-refractivity contribution in [1.29, 1.82) is 0 Å². The van der Waals surface area contributed by atoms with Gasteiger partial charge in [-0.05, 0) is 78.9 Å². The first kappa shape index (κ1) is 25.7. The molecule has 6 heteroatoms. The molecule has 0 saturated carbocycles. The Bertz CT molecular complexity index is 1290. The van der Waals surface area contributed by atoms with Crippen LogP contribution in [0.5, 0.6) is 5.75 Å². The molecule has 1 aliphatic rings. The Labute approximate surface area is 223 Å². The van der Waals surface area contributed by atoms with E-state index in [1.807, 2.05) is 59.5 Å². The van der Waals surface area contributed by atoms with Gasteiger partial charge in [0, 0.05) is 6.54 Å². The van der Waals surface area contributed by atoms with Crippen LogP contribution >= 0.6 is 0 Å². The molecule has 196 valence electrons. The van der Waals surface area contributed by atoms with Gasteiger partial charge in [-0.3, -0.25) is 9.69 Å². The van der Waals surface area contributed by atoms with E-state index in [0.717, 1.165) is 47.6 Å². The minimum Gasteiger partial charge on any atom is -0.497 e. The first-order valence-electron chi connectivity index (χ1n) is 13.1. The van der Waals surface area contributed by atoms with Crippen molar-refractivity contribution in [2.45, 2.75) is 44.4 Å². The number of carbonyl (C=O) groups is 1.